The molecule has 9 unspecified atom stereocenters. The Balaban J connectivity index is 1.50. The van der Waals surface area contributed by atoms with Gasteiger partial charge in [0.2, 0.25) is 0 Å². The topological polar surface area (TPSA) is 55.4 Å². The standard InChI is InChI=1S/C32H49ClF3NO3S/c1-20(2)21-10-15-31(37-19-18-33)17-16-29(6)22(26(21)31)8-9-24-28(5)13-12-25(40-41(38,39)32(34,35)36)27(3,4)23(28)11-14-30(24,29)7/h12,21-24,26,37H,1,8-11,13-19H2,2-7H3. The molecule has 41 heavy (non-hydrogen) atoms. The van der Waals surface area contributed by atoms with E-state index in [2.05, 4.69) is 39.6 Å². The van der Waals surface area contributed by atoms with Crippen molar-refractivity contribution in [2.45, 2.75) is 110 Å². The average molecular weight is 620 g/mol. The fourth-order valence-corrected chi connectivity index (χ4v) is 12.3. The van der Waals surface area contributed by atoms with E-state index in [0.29, 0.717) is 36.0 Å². The van der Waals surface area contributed by atoms with Crippen LogP contribution in [0.5, 0.6) is 0 Å². The van der Waals surface area contributed by atoms with Gasteiger partial charge in [0, 0.05) is 23.4 Å². The second kappa shape index (κ2) is 9.89. The van der Waals surface area contributed by atoms with Crippen LogP contribution in [-0.4, -0.2) is 31.9 Å². The molecule has 0 amide bonds. The van der Waals surface area contributed by atoms with Crippen molar-refractivity contribution < 1.29 is 25.8 Å². The van der Waals surface area contributed by atoms with Gasteiger partial charge in [0.05, 0.1) is 0 Å². The summed E-state index contributed by atoms with van der Waals surface area (Å²) in [4.78, 5) is 0. The molecular weight excluding hydrogens is 571 g/mol. The largest absolute Gasteiger partial charge is 0.534 e. The van der Waals surface area contributed by atoms with Crippen LogP contribution in [0.2, 0.25) is 0 Å². The third-order valence-electron chi connectivity index (χ3n) is 13.6. The fourth-order valence-electron chi connectivity index (χ4n) is 11.6. The molecule has 5 aliphatic rings. The quantitative estimate of drug-likeness (QED) is 0.140. The molecule has 0 aromatic rings. The summed E-state index contributed by atoms with van der Waals surface area (Å²) in [7, 11) is -5.71. The maximum absolute atomic E-state index is 13.2. The van der Waals surface area contributed by atoms with E-state index >= 15 is 0 Å². The third-order valence-corrected chi connectivity index (χ3v) is 14.8. The summed E-state index contributed by atoms with van der Waals surface area (Å²) < 4.78 is 68.5. The van der Waals surface area contributed by atoms with E-state index in [0.717, 1.165) is 45.1 Å². The molecule has 9 atom stereocenters. The minimum atomic E-state index is -5.71. The van der Waals surface area contributed by atoms with Crippen LogP contribution in [0.1, 0.15) is 99.3 Å². The fraction of sp³-hybridized carbons (Fsp3) is 0.875. The third kappa shape index (κ3) is 4.41. The van der Waals surface area contributed by atoms with Gasteiger partial charge in [-0.1, -0.05) is 46.8 Å². The highest BCUT2D eigenvalue weighted by Gasteiger charge is 2.70. The van der Waals surface area contributed by atoms with Gasteiger partial charge < -0.3 is 9.50 Å². The highest BCUT2D eigenvalue weighted by molar-refractivity contribution is 7.87. The van der Waals surface area contributed by atoms with Crippen LogP contribution in [0.4, 0.5) is 13.2 Å². The summed E-state index contributed by atoms with van der Waals surface area (Å²) in [6, 6.07) is 0. The summed E-state index contributed by atoms with van der Waals surface area (Å²) >= 11 is 6.17. The molecule has 1 N–H and O–H groups in total. The molecule has 0 aliphatic heterocycles. The molecule has 0 radical (unpaired) electrons. The first-order valence-electron chi connectivity index (χ1n) is 15.5. The molecule has 5 aliphatic carbocycles. The van der Waals surface area contributed by atoms with Crippen molar-refractivity contribution in [3.63, 3.8) is 0 Å². The Kier molecular flexibility index (Phi) is 7.64. The van der Waals surface area contributed by atoms with Gasteiger partial charge in [-0.3, -0.25) is 0 Å². The molecule has 0 saturated heterocycles. The van der Waals surface area contributed by atoms with Gasteiger partial charge in [0.1, 0.15) is 5.76 Å². The van der Waals surface area contributed by atoms with Crippen molar-refractivity contribution in [2.75, 3.05) is 12.4 Å². The van der Waals surface area contributed by atoms with Crippen LogP contribution in [0, 0.1) is 51.2 Å². The van der Waals surface area contributed by atoms with E-state index in [1.807, 2.05) is 13.8 Å². The predicted octanol–water partition coefficient (Wildman–Crippen LogP) is 8.58. The molecule has 4 saturated carbocycles. The second-order valence-corrected chi connectivity index (χ2v) is 17.4. The van der Waals surface area contributed by atoms with E-state index in [1.54, 1.807) is 6.08 Å². The van der Waals surface area contributed by atoms with Gasteiger partial charge >= 0.3 is 15.6 Å². The Bertz CT molecular complexity index is 1220. The Labute approximate surface area is 250 Å². The predicted molar refractivity (Wildman–Crippen MR) is 158 cm³/mol. The lowest BCUT2D eigenvalue weighted by Gasteiger charge is -2.72. The highest BCUT2D eigenvalue weighted by Crippen LogP contribution is 2.76. The second-order valence-electron chi connectivity index (χ2n) is 15.4. The summed E-state index contributed by atoms with van der Waals surface area (Å²) in [6.45, 7) is 18.6. The van der Waals surface area contributed by atoms with Crippen LogP contribution in [-0.2, 0) is 14.3 Å². The SMILES string of the molecule is C=C(C)C1CCC2(NCCCl)CCC3(C)C(CCC4C5(C)CC=C(OS(=O)(=O)C(F)(F)F)C(C)(C)C5CCC43C)C12. The van der Waals surface area contributed by atoms with E-state index in [9.17, 15) is 21.6 Å². The van der Waals surface area contributed by atoms with Gasteiger partial charge in [0.15, 0.2) is 0 Å². The van der Waals surface area contributed by atoms with Crippen molar-refractivity contribution in [2.24, 2.45) is 51.2 Å². The molecule has 234 valence electrons. The maximum atomic E-state index is 13.2. The van der Waals surface area contributed by atoms with E-state index in [4.69, 9.17) is 15.8 Å². The molecule has 9 heteroatoms. The molecule has 0 aromatic heterocycles. The zero-order valence-corrected chi connectivity index (χ0v) is 27.2. The first kappa shape index (κ1) is 31.7. The lowest BCUT2D eigenvalue weighted by Crippen LogP contribution is -2.68. The van der Waals surface area contributed by atoms with Crippen LogP contribution < -0.4 is 5.32 Å². The van der Waals surface area contributed by atoms with Crippen molar-refractivity contribution >= 4 is 21.7 Å². The zero-order chi connectivity index (χ0) is 30.4. The van der Waals surface area contributed by atoms with Crippen LogP contribution in [0.3, 0.4) is 0 Å². The van der Waals surface area contributed by atoms with Gasteiger partial charge in [-0.2, -0.15) is 21.6 Å². The Morgan fingerprint density at radius 1 is 1.02 bits per heavy atom. The van der Waals surface area contributed by atoms with E-state index in [-0.39, 0.29) is 33.5 Å². The van der Waals surface area contributed by atoms with Crippen molar-refractivity contribution in [1.82, 2.24) is 5.32 Å². The van der Waals surface area contributed by atoms with Crippen molar-refractivity contribution in [3.8, 4) is 0 Å². The first-order valence-corrected chi connectivity index (χ1v) is 17.4. The minimum absolute atomic E-state index is 0.0272. The molecule has 0 spiro atoms. The highest BCUT2D eigenvalue weighted by atomic mass is 35.5. The van der Waals surface area contributed by atoms with Crippen LogP contribution in [0.25, 0.3) is 0 Å². The molecule has 0 aromatic carbocycles. The molecule has 0 bridgehead atoms. The molecule has 0 heterocycles. The molecule has 4 fully saturated rings. The van der Waals surface area contributed by atoms with Gasteiger partial charge in [-0.25, -0.2) is 0 Å². The molecule has 5 rings (SSSR count). The van der Waals surface area contributed by atoms with Crippen molar-refractivity contribution in [1.29, 1.82) is 0 Å². The Hall–Kier alpha value is -0.730. The number of nitrogens with one attached hydrogen (secondary N) is 1. The molecular formula is C32H49ClF3NO3S. The number of fused-ring (bicyclic) bond motifs is 7. The average Bonchev–Trinajstić information content (AvgIpc) is 3.24. The zero-order valence-electron chi connectivity index (χ0n) is 25.6. The summed E-state index contributed by atoms with van der Waals surface area (Å²) in [6.07, 6.45) is 10.9. The summed E-state index contributed by atoms with van der Waals surface area (Å²) in [5, 5.41) is 3.94. The van der Waals surface area contributed by atoms with Crippen molar-refractivity contribution in [3.05, 3.63) is 24.0 Å². The number of rotatable bonds is 6. The normalized spacial score (nSPS) is 45.5. The Morgan fingerprint density at radius 2 is 1.71 bits per heavy atom. The van der Waals surface area contributed by atoms with Crippen LogP contribution in [0.15, 0.2) is 24.0 Å². The lowest BCUT2D eigenvalue weighted by molar-refractivity contribution is -0.223. The maximum Gasteiger partial charge on any atom is 0.534 e. The minimum Gasteiger partial charge on any atom is -0.380 e. The summed E-state index contributed by atoms with van der Waals surface area (Å²) in [5.41, 5.74) is -4.83. The van der Waals surface area contributed by atoms with Crippen LogP contribution >= 0.6 is 11.6 Å². The number of alkyl halides is 4. The smallest absolute Gasteiger partial charge is 0.380 e. The molecule has 4 nitrogen and oxygen atoms in total. The lowest BCUT2D eigenvalue weighted by atomic mass is 9.33. The van der Waals surface area contributed by atoms with Gasteiger partial charge in [-0.05, 0) is 117 Å². The Morgan fingerprint density at radius 3 is 2.32 bits per heavy atom. The van der Waals surface area contributed by atoms with Gasteiger partial charge in [0.25, 0.3) is 0 Å². The van der Waals surface area contributed by atoms with E-state index < -0.39 is 21.0 Å². The monoisotopic (exact) mass is 619 g/mol. The first-order chi connectivity index (χ1) is 18.8. The number of halogens is 4. The number of allylic oxidation sites excluding steroid dienone is 3. The summed E-state index contributed by atoms with van der Waals surface area (Å²) in [5.74, 6) is 2.56. The van der Waals surface area contributed by atoms with E-state index in [1.165, 1.54) is 18.4 Å². The van der Waals surface area contributed by atoms with Gasteiger partial charge in [-0.15, -0.1) is 11.6 Å². The number of hydrogen-bond acceptors (Lipinski definition) is 4. The number of hydrogen-bond donors (Lipinski definition) is 1.